The van der Waals surface area contributed by atoms with Crippen molar-refractivity contribution in [2.45, 2.75) is 13.0 Å². The predicted molar refractivity (Wildman–Crippen MR) is 63.2 cm³/mol. The summed E-state index contributed by atoms with van der Waals surface area (Å²) in [5.41, 5.74) is 6.39. The lowest BCUT2D eigenvalue weighted by atomic mass is 10.3. The van der Waals surface area contributed by atoms with Crippen LogP contribution in [0.2, 0.25) is 0 Å². The summed E-state index contributed by atoms with van der Waals surface area (Å²) in [7, 11) is 1.60. The lowest BCUT2D eigenvalue weighted by Crippen LogP contribution is -2.04. The lowest BCUT2D eigenvalue weighted by molar-refractivity contribution is 0.416. The van der Waals surface area contributed by atoms with Crippen molar-refractivity contribution in [3.8, 4) is 5.75 Å². The van der Waals surface area contributed by atoms with Crippen molar-refractivity contribution < 1.29 is 9.15 Å². The van der Waals surface area contributed by atoms with E-state index in [0.717, 1.165) is 5.69 Å². The molecule has 0 spiro atoms. The van der Waals surface area contributed by atoms with E-state index in [2.05, 4.69) is 15.5 Å². The average Bonchev–Trinajstić information content (AvgIpc) is 2.78. The van der Waals surface area contributed by atoms with Crippen molar-refractivity contribution in [1.82, 2.24) is 10.2 Å². The van der Waals surface area contributed by atoms with Crippen molar-refractivity contribution in [1.29, 1.82) is 0 Å². The minimum Gasteiger partial charge on any atom is -0.495 e. The zero-order valence-corrected chi connectivity index (χ0v) is 9.68. The molecule has 1 unspecified atom stereocenters. The Bertz CT molecular complexity index is 496. The lowest BCUT2D eigenvalue weighted by Gasteiger charge is -2.07. The van der Waals surface area contributed by atoms with Crippen molar-refractivity contribution >= 4 is 11.7 Å². The molecule has 0 radical (unpaired) electrons. The van der Waals surface area contributed by atoms with E-state index >= 15 is 0 Å². The smallest absolute Gasteiger partial charge is 0.320 e. The summed E-state index contributed by atoms with van der Waals surface area (Å²) in [6.45, 7) is 1.78. The van der Waals surface area contributed by atoms with Crippen LogP contribution >= 0.6 is 0 Å². The molecule has 1 heterocycles. The largest absolute Gasteiger partial charge is 0.495 e. The number of benzene rings is 1. The summed E-state index contributed by atoms with van der Waals surface area (Å²) < 4.78 is 10.5. The molecule has 0 aliphatic heterocycles. The highest BCUT2D eigenvalue weighted by Gasteiger charge is 2.11. The molecule has 0 aliphatic carbocycles. The number of aromatic nitrogens is 2. The SMILES string of the molecule is COc1ccccc1Nc1nnc(C(C)N)o1. The number of anilines is 2. The molecular weight excluding hydrogens is 220 g/mol. The molecule has 0 bridgehead atoms. The number of ether oxygens (including phenoxy) is 1. The summed E-state index contributed by atoms with van der Waals surface area (Å²) in [6, 6.07) is 7.47. The van der Waals surface area contributed by atoms with Crippen LogP contribution in [0.3, 0.4) is 0 Å². The molecule has 0 saturated heterocycles. The van der Waals surface area contributed by atoms with Gasteiger partial charge in [-0.25, -0.2) is 0 Å². The Morgan fingerprint density at radius 2 is 2.12 bits per heavy atom. The Balaban J connectivity index is 2.19. The molecule has 6 nitrogen and oxygen atoms in total. The second-order valence-corrected chi connectivity index (χ2v) is 3.56. The molecule has 0 fully saturated rings. The van der Waals surface area contributed by atoms with Gasteiger partial charge in [-0.1, -0.05) is 17.2 Å². The highest BCUT2D eigenvalue weighted by Crippen LogP contribution is 2.26. The maximum absolute atomic E-state index is 5.63. The number of para-hydroxylation sites is 2. The van der Waals surface area contributed by atoms with Crippen molar-refractivity contribution in [3.63, 3.8) is 0 Å². The average molecular weight is 234 g/mol. The predicted octanol–water partition coefficient (Wildman–Crippen LogP) is 1.84. The minimum atomic E-state index is -0.282. The van der Waals surface area contributed by atoms with Crippen LogP contribution in [-0.4, -0.2) is 17.3 Å². The van der Waals surface area contributed by atoms with E-state index in [9.17, 15) is 0 Å². The highest BCUT2D eigenvalue weighted by atomic mass is 16.5. The molecule has 0 amide bonds. The number of hydrogen-bond donors (Lipinski definition) is 2. The molecule has 1 aromatic carbocycles. The quantitative estimate of drug-likeness (QED) is 0.839. The van der Waals surface area contributed by atoms with Gasteiger partial charge in [-0.3, -0.25) is 0 Å². The molecule has 2 rings (SSSR count). The summed E-state index contributed by atoms with van der Waals surface area (Å²) >= 11 is 0. The van der Waals surface area contributed by atoms with Gasteiger partial charge in [0.1, 0.15) is 5.75 Å². The third-order valence-corrected chi connectivity index (χ3v) is 2.18. The first-order chi connectivity index (χ1) is 8.20. The first-order valence-electron chi connectivity index (χ1n) is 5.19. The summed E-state index contributed by atoms with van der Waals surface area (Å²) in [5.74, 6) is 1.09. The Kier molecular flexibility index (Phi) is 3.24. The maximum atomic E-state index is 5.63. The molecule has 17 heavy (non-hydrogen) atoms. The van der Waals surface area contributed by atoms with Gasteiger partial charge in [0.15, 0.2) is 0 Å². The van der Waals surface area contributed by atoms with Gasteiger partial charge in [0, 0.05) is 0 Å². The van der Waals surface area contributed by atoms with Gasteiger partial charge in [0.05, 0.1) is 18.8 Å². The summed E-state index contributed by atoms with van der Waals surface area (Å²) in [5, 5.41) is 10.6. The Hall–Kier alpha value is -2.08. The topological polar surface area (TPSA) is 86.2 Å². The Morgan fingerprint density at radius 3 is 2.76 bits per heavy atom. The minimum absolute atomic E-state index is 0.282. The summed E-state index contributed by atoms with van der Waals surface area (Å²) in [4.78, 5) is 0. The first kappa shape index (κ1) is 11.4. The molecule has 6 heteroatoms. The summed E-state index contributed by atoms with van der Waals surface area (Å²) in [6.07, 6.45) is 0. The van der Waals surface area contributed by atoms with Crippen molar-refractivity contribution in [2.75, 3.05) is 12.4 Å². The van der Waals surface area contributed by atoms with Gasteiger partial charge in [-0.05, 0) is 19.1 Å². The van der Waals surface area contributed by atoms with Crippen LogP contribution in [0.5, 0.6) is 5.75 Å². The zero-order chi connectivity index (χ0) is 12.3. The van der Waals surface area contributed by atoms with Crippen LogP contribution in [0.4, 0.5) is 11.7 Å². The van der Waals surface area contributed by atoms with Crippen LogP contribution in [0.15, 0.2) is 28.7 Å². The number of rotatable bonds is 4. The molecule has 1 aromatic heterocycles. The molecule has 0 aliphatic rings. The van der Waals surface area contributed by atoms with E-state index in [-0.39, 0.29) is 6.04 Å². The Morgan fingerprint density at radius 1 is 1.35 bits per heavy atom. The van der Waals surface area contributed by atoms with E-state index in [0.29, 0.717) is 17.7 Å². The number of nitrogens with two attached hydrogens (primary N) is 1. The fraction of sp³-hybridized carbons (Fsp3) is 0.273. The third-order valence-electron chi connectivity index (χ3n) is 2.18. The molecule has 2 aromatic rings. The van der Waals surface area contributed by atoms with Crippen LogP contribution < -0.4 is 15.8 Å². The van der Waals surface area contributed by atoms with Gasteiger partial charge < -0.3 is 20.2 Å². The van der Waals surface area contributed by atoms with Gasteiger partial charge in [-0.15, -0.1) is 5.10 Å². The maximum Gasteiger partial charge on any atom is 0.320 e. The van der Waals surface area contributed by atoms with E-state index in [1.54, 1.807) is 14.0 Å². The van der Waals surface area contributed by atoms with Gasteiger partial charge in [0.2, 0.25) is 5.89 Å². The van der Waals surface area contributed by atoms with Crippen LogP contribution in [0.1, 0.15) is 18.9 Å². The van der Waals surface area contributed by atoms with E-state index in [4.69, 9.17) is 14.9 Å². The van der Waals surface area contributed by atoms with Gasteiger partial charge in [-0.2, -0.15) is 0 Å². The second-order valence-electron chi connectivity index (χ2n) is 3.56. The van der Waals surface area contributed by atoms with E-state index in [1.807, 2.05) is 24.3 Å². The van der Waals surface area contributed by atoms with E-state index < -0.39 is 0 Å². The first-order valence-corrected chi connectivity index (χ1v) is 5.19. The number of nitrogens with zero attached hydrogens (tertiary/aromatic N) is 2. The number of nitrogens with one attached hydrogen (secondary N) is 1. The Labute approximate surface area is 98.8 Å². The van der Waals surface area contributed by atoms with Gasteiger partial charge >= 0.3 is 6.01 Å². The second kappa shape index (κ2) is 4.84. The fourth-order valence-corrected chi connectivity index (χ4v) is 1.33. The van der Waals surface area contributed by atoms with Crippen LogP contribution in [-0.2, 0) is 0 Å². The van der Waals surface area contributed by atoms with Crippen LogP contribution in [0, 0.1) is 0 Å². The number of methoxy groups -OCH3 is 1. The monoisotopic (exact) mass is 234 g/mol. The molecule has 90 valence electrons. The molecule has 0 saturated carbocycles. The third kappa shape index (κ3) is 2.54. The highest BCUT2D eigenvalue weighted by molar-refractivity contribution is 5.61. The molecule has 1 atom stereocenters. The van der Waals surface area contributed by atoms with Crippen LogP contribution in [0.25, 0.3) is 0 Å². The van der Waals surface area contributed by atoms with Gasteiger partial charge in [0.25, 0.3) is 0 Å². The standard InChI is InChI=1S/C11H14N4O2/c1-7(12)10-14-15-11(17-10)13-8-5-3-4-6-9(8)16-2/h3-7H,12H2,1-2H3,(H,13,15). The van der Waals surface area contributed by atoms with Crippen molar-refractivity contribution in [2.24, 2.45) is 5.73 Å². The van der Waals surface area contributed by atoms with E-state index in [1.165, 1.54) is 0 Å². The molecule has 3 N–H and O–H groups in total. The molecular formula is C11H14N4O2. The fourth-order valence-electron chi connectivity index (χ4n) is 1.33. The zero-order valence-electron chi connectivity index (χ0n) is 9.68. The number of hydrogen-bond acceptors (Lipinski definition) is 6. The van der Waals surface area contributed by atoms with Crippen molar-refractivity contribution in [3.05, 3.63) is 30.2 Å². The normalized spacial score (nSPS) is 12.2.